The van der Waals surface area contributed by atoms with Crippen molar-refractivity contribution in [3.8, 4) is 17.2 Å². The van der Waals surface area contributed by atoms with Crippen molar-refractivity contribution in [2.75, 3.05) is 0 Å². The first-order valence-corrected chi connectivity index (χ1v) is 11.8. The van der Waals surface area contributed by atoms with Gasteiger partial charge in [0, 0.05) is 18.7 Å². The van der Waals surface area contributed by atoms with E-state index in [-0.39, 0.29) is 0 Å². The minimum absolute atomic E-state index is 0.348. The van der Waals surface area contributed by atoms with E-state index in [9.17, 15) is 14.7 Å². The van der Waals surface area contributed by atoms with Crippen LogP contribution in [-0.2, 0) is 22.7 Å². The van der Waals surface area contributed by atoms with Gasteiger partial charge in [-0.1, -0.05) is 30.3 Å². The van der Waals surface area contributed by atoms with Crippen LogP contribution in [0.5, 0.6) is 5.75 Å². The standard InChI is InChI=1S/C28H35N3O5/c1-17-13-20(14-18(2)23(17)36-28(6,7)26(33)34)15-31(27(4,5)25(29)32)16-22-19(3)35-24(30-22)21-11-9-8-10-12-21/h8-14H,15-16H2,1-7H3,(H2,29,32)(H,33,34). The van der Waals surface area contributed by atoms with Gasteiger partial charge in [-0.15, -0.1) is 0 Å². The van der Waals surface area contributed by atoms with Crippen molar-refractivity contribution >= 4 is 11.9 Å². The van der Waals surface area contributed by atoms with Crippen LogP contribution < -0.4 is 10.5 Å². The van der Waals surface area contributed by atoms with Gasteiger partial charge >= 0.3 is 5.97 Å². The van der Waals surface area contributed by atoms with Gasteiger partial charge in [-0.2, -0.15) is 0 Å². The van der Waals surface area contributed by atoms with Gasteiger partial charge in [0.15, 0.2) is 5.60 Å². The fourth-order valence-corrected chi connectivity index (χ4v) is 3.88. The van der Waals surface area contributed by atoms with Gasteiger partial charge in [0.2, 0.25) is 11.8 Å². The van der Waals surface area contributed by atoms with Gasteiger partial charge < -0.3 is 20.0 Å². The SMILES string of the molecule is Cc1cc(CN(Cc2nc(-c3ccccc3)oc2C)C(C)(C)C(N)=O)cc(C)c1OC(C)(C)C(=O)O. The summed E-state index contributed by atoms with van der Waals surface area (Å²) >= 11 is 0. The molecule has 0 aliphatic heterocycles. The maximum Gasteiger partial charge on any atom is 0.347 e. The van der Waals surface area contributed by atoms with Crippen molar-refractivity contribution in [3.63, 3.8) is 0 Å². The van der Waals surface area contributed by atoms with E-state index in [1.54, 1.807) is 13.8 Å². The maximum absolute atomic E-state index is 12.4. The van der Waals surface area contributed by atoms with Crippen molar-refractivity contribution in [1.29, 1.82) is 0 Å². The van der Waals surface area contributed by atoms with Crippen LogP contribution in [0.4, 0.5) is 0 Å². The highest BCUT2D eigenvalue weighted by molar-refractivity contribution is 5.83. The summed E-state index contributed by atoms with van der Waals surface area (Å²) in [6, 6.07) is 13.5. The first kappa shape index (κ1) is 26.9. The van der Waals surface area contributed by atoms with Crippen LogP contribution in [0.2, 0.25) is 0 Å². The number of aliphatic carboxylic acids is 1. The van der Waals surface area contributed by atoms with E-state index in [1.807, 2.05) is 68.1 Å². The molecular formula is C28H35N3O5. The molecule has 3 N–H and O–H groups in total. The molecule has 8 heteroatoms. The summed E-state index contributed by atoms with van der Waals surface area (Å²) in [5.41, 5.74) is 7.60. The van der Waals surface area contributed by atoms with Gasteiger partial charge in [-0.25, -0.2) is 9.78 Å². The number of aryl methyl sites for hydroxylation is 3. The number of ether oxygens (including phenoxy) is 1. The van der Waals surface area contributed by atoms with Crippen LogP contribution in [-0.4, -0.2) is 38.0 Å². The van der Waals surface area contributed by atoms with Gasteiger partial charge in [0.1, 0.15) is 11.5 Å². The van der Waals surface area contributed by atoms with Crippen LogP contribution in [0.1, 0.15) is 55.8 Å². The largest absolute Gasteiger partial charge is 0.478 e. The molecule has 0 saturated heterocycles. The number of nitrogens with zero attached hydrogens (tertiary/aromatic N) is 2. The van der Waals surface area contributed by atoms with Crippen molar-refractivity contribution in [1.82, 2.24) is 9.88 Å². The molecule has 0 bridgehead atoms. The molecule has 0 radical (unpaired) electrons. The Balaban J connectivity index is 1.93. The van der Waals surface area contributed by atoms with Gasteiger partial charge in [0.25, 0.3) is 0 Å². The molecule has 192 valence electrons. The van der Waals surface area contributed by atoms with Crippen LogP contribution in [0.25, 0.3) is 11.5 Å². The van der Waals surface area contributed by atoms with E-state index in [0.29, 0.717) is 30.5 Å². The third-order valence-electron chi connectivity index (χ3n) is 6.41. The highest BCUT2D eigenvalue weighted by Gasteiger charge is 2.35. The minimum Gasteiger partial charge on any atom is -0.478 e. The molecule has 1 aromatic heterocycles. The van der Waals surface area contributed by atoms with Crippen LogP contribution in [0.15, 0.2) is 46.9 Å². The van der Waals surface area contributed by atoms with Crippen molar-refractivity contribution in [3.05, 3.63) is 70.6 Å². The number of oxazole rings is 1. The first-order chi connectivity index (χ1) is 16.7. The summed E-state index contributed by atoms with van der Waals surface area (Å²) in [7, 11) is 0. The maximum atomic E-state index is 12.4. The zero-order valence-electron chi connectivity index (χ0n) is 22.0. The van der Waals surface area contributed by atoms with Gasteiger partial charge in [-0.3, -0.25) is 9.69 Å². The number of hydrogen-bond acceptors (Lipinski definition) is 6. The lowest BCUT2D eigenvalue weighted by molar-refractivity contribution is -0.152. The molecule has 2 aromatic carbocycles. The number of aromatic nitrogens is 1. The fraction of sp³-hybridized carbons (Fsp3) is 0.393. The molecule has 3 rings (SSSR count). The Morgan fingerprint density at radius 2 is 1.61 bits per heavy atom. The third kappa shape index (κ3) is 5.76. The number of hydrogen-bond donors (Lipinski definition) is 2. The number of carbonyl (C=O) groups is 2. The molecule has 0 saturated carbocycles. The van der Waals surface area contributed by atoms with Crippen LogP contribution >= 0.6 is 0 Å². The molecule has 0 atom stereocenters. The van der Waals surface area contributed by atoms with Crippen LogP contribution in [0, 0.1) is 20.8 Å². The van der Waals surface area contributed by atoms with Crippen molar-refractivity contribution in [2.45, 2.75) is 72.7 Å². The van der Waals surface area contributed by atoms with E-state index in [2.05, 4.69) is 0 Å². The molecule has 0 unspecified atom stereocenters. The van der Waals surface area contributed by atoms with Crippen LogP contribution in [0.3, 0.4) is 0 Å². The van der Waals surface area contributed by atoms with E-state index in [0.717, 1.165) is 27.9 Å². The number of primary amides is 1. The second kappa shape index (κ2) is 10.1. The van der Waals surface area contributed by atoms with E-state index in [4.69, 9.17) is 19.9 Å². The fourth-order valence-electron chi connectivity index (χ4n) is 3.88. The molecule has 0 aliphatic rings. The van der Waals surface area contributed by atoms with Gasteiger partial charge in [-0.05, 0) is 77.3 Å². The lowest BCUT2D eigenvalue weighted by Crippen LogP contribution is -2.52. The van der Waals surface area contributed by atoms with Crippen molar-refractivity contribution < 1.29 is 23.8 Å². The third-order valence-corrected chi connectivity index (χ3v) is 6.41. The monoisotopic (exact) mass is 493 g/mol. The molecule has 1 amide bonds. The zero-order chi connectivity index (χ0) is 26.8. The minimum atomic E-state index is -1.36. The number of carboxylic acid groups (broad SMARTS) is 1. The summed E-state index contributed by atoms with van der Waals surface area (Å²) in [4.78, 5) is 30.6. The van der Waals surface area contributed by atoms with E-state index in [1.165, 1.54) is 13.8 Å². The Bertz CT molecular complexity index is 1240. The number of rotatable bonds is 10. The Kier molecular flexibility index (Phi) is 7.59. The van der Waals surface area contributed by atoms with E-state index >= 15 is 0 Å². The number of carbonyl (C=O) groups excluding carboxylic acids is 1. The topological polar surface area (TPSA) is 119 Å². The molecule has 0 spiro atoms. The number of amides is 1. The van der Waals surface area contributed by atoms with Gasteiger partial charge in [0.05, 0.1) is 11.2 Å². The normalized spacial score (nSPS) is 12.1. The number of carboxylic acids is 1. The molecule has 0 fully saturated rings. The molecule has 1 heterocycles. The second-order valence-electron chi connectivity index (χ2n) is 10.1. The lowest BCUT2D eigenvalue weighted by Gasteiger charge is -2.36. The second-order valence-corrected chi connectivity index (χ2v) is 10.1. The Labute approximate surface area is 212 Å². The molecule has 36 heavy (non-hydrogen) atoms. The predicted molar refractivity (Wildman–Crippen MR) is 137 cm³/mol. The summed E-state index contributed by atoms with van der Waals surface area (Å²) in [6.07, 6.45) is 0. The number of nitrogens with two attached hydrogens (primary N) is 1. The first-order valence-electron chi connectivity index (χ1n) is 11.8. The van der Waals surface area contributed by atoms with E-state index < -0.39 is 23.0 Å². The predicted octanol–water partition coefficient (Wildman–Crippen LogP) is 4.77. The summed E-state index contributed by atoms with van der Waals surface area (Å²) in [5.74, 6) is 0.230. The average molecular weight is 494 g/mol. The Hall–Kier alpha value is -3.65. The lowest BCUT2D eigenvalue weighted by atomic mass is 9.98. The molecule has 8 nitrogen and oxygen atoms in total. The molecular weight excluding hydrogens is 458 g/mol. The smallest absolute Gasteiger partial charge is 0.347 e. The summed E-state index contributed by atoms with van der Waals surface area (Å²) in [5, 5.41) is 9.45. The molecule has 3 aromatic rings. The zero-order valence-corrected chi connectivity index (χ0v) is 22.0. The Morgan fingerprint density at radius 1 is 1.03 bits per heavy atom. The summed E-state index contributed by atoms with van der Waals surface area (Å²) in [6.45, 7) is 13.0. The summed E-state index contributed by atoms with van der Waals surface area (Å²) < 4.78 is 11.8. The highest BCUT2D eigenvalue weighted by atomic mass is 16.5. The molecule has 0 aliphatic carbocycles. The van der Waals surface area contributed by atoms with Crippen molar-refractivity contribution in [2.24, 2.45) is 5.73 Å². The average Bonchev–Trinajstić information content (AvgIpc) is 3.16. The Morgan fingerprint density at radius 3 is 2.14 bits per heavy atom. The quantitative estimate of drug-likeness (QED) is 0.417. The number of benzene rings is 2. The highest BCUT2D eigenvalue weighted by Crippen LogP contribution is 2.31.